The van der Waals surface area contributed by atoms with Crippen LogP contribution < -0.4 is 4.90 Å². The van der Waals surface area contributed by atoms with Gasteiger partial charge in [0.05, 0.1) is 23.6 Å². The second kappa shape index (κ2) is 8.81. The highest BCUT2D eigenvalue weighted by Crippen LogP contribution is 2.59. The summed E-state index contributed by atoms with van der Waals surface area (Å²) < 4.78 is 0. The van der Waals surface area contributed by atoms with Crippen molar-refractivity contribution in [2.24, 2.45) is 11.8 Å². The van der Waals surface area contributed by atoms with Gasteiger partial charge in [-0.1, -0.05) is 71.8 Å². The molecule has 3 heterocycles. The highest BCUT2D eigenvalue weighted by Gasteiger charge is 2.77. The van der Waals surface area contributed by atoms with Gasteiger partial charge in [0.1, 0.15) is 5.54 Å². The summed E-state index contributed by atoms with van der Waals surface area (Å²) in [5, 5.41) is 0.536. The molecule has 0 radical (unpaired) electrons. The van der Waals surface area contributed by atoms with Crippen molar-refractivity contribution in [3.8, 4) is 0 Å². The first-order valence-corrected chi connectivity index (χ1v) is 13.1. The van der Waals surface area contributed by atoms with Crippen molar-refractivity contribution in [2.75, 3.05) is 11.4 Å². The molecule has 3 saturated heterocycles. The zero-order valence-electron chi connectivity index (χ0n) is 21.0. The van der Waals surface area contributed by atoms with Gasteiger partial charge in [-0.05, 0) is 49.2 Å². The number of carbonyl (C=O) groups is 4. The Labute approximate surface area is 225 Å². The summed E-state index contributed by atoms with van der Waals surface area (Å²) in [6.45, 7) is 3.91. The molecular weight excluding hydrogens is 502 g/mol. The Morgan fingerprint density at radius 1 is 0.842 bits per heavy atom. The second-order valence-electron chi connectivity index (χ2n) is 10.1. The SMILES string of the molecule is CCN1C(=O)[C@H]2[C@@H](c3ccc(C)cc3)N3C(=O)N(c4ccccc4)C(=O)[C@@]3(Cc3ccc(Cl)cc3)[C@H]2C1=O. The molecule has 3 fully saturated rings. The fourth-order valence-corrected chi connectivity index (χ4v) is 6.59. The van der Waals surface area contributed by atoms with Crippen molar-refractivity contribution in [3.63, 3.8) is 0 Å². The average Bonchev–Trinajstić information content (AvgIpc) is 3.44. The van der Waals surface area contributed by atoms with Gasteiger partial charge in [-0.2, -0.15) is 0 Å². The fourth-order valence-electron chi connectivity index (χ4n) is 6.46. The van der Waals surface area contributed by atoms with Gasteiger partial charge < -0.3 is 4.90 Å². The highest BCUT2D eigenvalue weighted by molar-refractivity contribution is 6.30. The molecule has 38 heavy (non-hydrogen) atoms. The minimum absolute atomic E-state index is 0.0815. The van der Waals surface area contributed by atoms with Gasteiger partial charge in [-0.3, -0.25) is 19.3 Å². The van der Waals surface area contributed by atoms with Crippen LogP contribution in [0.4, 0.5) is 10.5 Å². The summed E-state index contributed by atoms with van der Waals surface area (Å²) in [5.74, 6) is -3.12. The van der Waals surface area contributed by atoms with E-state index in [1.165, 1.54) is 14.7 Å². The standard InChI is InChI=1S/C30H26ClN3O4/c1-3-32-26(35)23-24(27(32)36)30(17-19-11-15-21(31)16-12-19)28(37)33(22-7-5-4-6-8-22)29(38)34(30)25(23)20-13-9-18(2)10-14-20/h4-16,23-25H,3,17H2,1-2H3/t23-,24-,25-,30-/m1/s1. The third-order valence-electron chi connectivity index (χ3n) is 8.11. The normalized spacial score (nSPS) is 26.4. The molecule has 0 N–H and O–H groups in total. The number of imide groups is 2. The van der Waals surface area contributed by atoms with E-state index in [2.05, 4.69) is 0 Å². The Morgan fingerprint density at radius 2 is 1.50 bits per heavy atom. The fraction of sp³-hybridized carbons (Fsp3) is 0.267. The van der Waals surface area contributed by atoms with Crippen LogP contribution in [-0.2, 0) is 20.8 Å². The van der Waals surface area contributed by atoms with Crippen LogP contribution in [0, 0.1) is 18.8 Å². The van der Waals surface area contributed by atoms with Crippen molar-refractivity contribution < 1.29 is 19.2 Å². The number of hydrogen-bond donors (Lipinski definition) is 0. The molecule has 3 aromatic rings. The van der Waals surface area contributed by atoms with E-state index in [9.17, 15) is 19.2 Å². The third-order valence-corrected chi connectivity index (χ3v) is 8.36. The maximum atomic E-state index is 14.6. The lowest BCUT2D eigenvalue weighted by Crippen LogP contribution is -2.55. The van der Waals surface area contributed by atoms with Gasteiger partial charge in [0.2, 0.25) is 11.8 Å². The van der Waals surface area contributed by atoms with E-state index >= 15 is 0 Å². The van der Waals surface area contributed by atoms with Crippen LogP contribution in [0.2, 0.25) is 5.02 Å². The number of amides is 5. The van der Waals surface area contributed by atoms with Crippen LogP contribution in [0.3, 0.4) is 0 Å². The molecule has 0 unspecified atom stereocenters. The van der Waals surface area contributed by atoms with E-state index < -0.39 is 41.3 Å². The summed E-state index contributed by atoms with van der Waals surface area (Å²) >= 11 is 6.13. The topological polar surface area (TPSA) is 78.0 Å². The number of nitrogens with zero attached hydrogens (tertiary/aromatic N) is 3. The second-order valence-corrected chi connectivity index (χ2v) is 10.6. The number of urea groups is 1. The largest absolute Gasteiger partial charge is 0.332 e. The monoisotopic (exact) mass is 527 g/mol. The number of carbonyl (C=O) groups excluding carboxylic acids is 4. The molecule has 0 saturated carbocycles. The van der Waals surface area contributed by atoms with Crippen molar-refractivity contribution in [3.05, 3.63) is 101 Å². The zero-order chi connectivity index (χ0) is 26.8. The van der Waals surface area contributed by atoms with E-state index in [4.69, 9.17) is 11.6 Å². The van der Waals surface area contributed by atoms with Crippen LogP contribution in [-0.4, -0.2) is 45.6 Å². The molecule has 4 atom stereocenters. The van der Waals surface area contributed by atoms with Crippen LogP contribution in [0.1, 0.15) is 29.7 Å². The van der Waals surface area contributed by atoms with Crippen molar-refractivity contribution in [1.82, 2.24) is 9.80 Å². The average molecular weight is 528 g/mol. The molecular formula is C30H26ClN3O4. The summed E-state index contributed by atoms with van der Waals surface area (Å²) in [7, 11) is 0. The number of rotatable bonds is 5. The zero-order valence-corrected chi connectivity index (χ0v) is 21.8. The molecule has 5 amide bonds. The maximum absolute atomic E-state index is 14.6. The Balaban J connectivity index is 1.61. The molecule has 0 spiro atoms. The van der Waals surface area contributed by atoms with Gasteiger partial charge in [-0.25, -0.2) is 9.69 Å². The molecule has 3 aliphatic heterocycles. The van der Waals surface area contributed by atoms with E-state index in [1.807, 2.05) is 37.3 Å². The molecule has 192 valence electrons. The number of aryl methyl sites for hydroxylation is 1. The summed E-state index contributed by atoms with van der Waals surface area (Å²) in [4.78, 5) is 60.4. The van der Waals surface area contributed by atoms with Crippen LogP contribution in [0.5, 0.6) is 0 Å². The third kappa shape index (κ3) is 3.28. The molecule has 7 nitrogen and oxygen atoms in total. The van der Waals surface area contributed by atoms with Gasteiger partial charge in [-0.15, -0.1) is 0 Å². The van der Waals surface area contributed by atoms with Crippen LogP contribution >= 0.6 is 11.6 Å². The van der Waals surface area contributed by atoms with Crippen LogP contribution in [0.25, 0.3) is 0 Å². The molecule has 0 bridgehead atoms. The van der Waals surface area contributed by atoms with Crippen molar-refractivity contribution >= 4 is 41.0 Å². The molecule has 3 aromatic carbocycles. The number of halogens is 1. The maximum Gasteiger partial charge on any atom is 0.332 e. The first kappa shape index (κ1) is 24.4. The first-order chi connectivity index (χ1) is 18.3. The molecule has 6 rings (SSSR count). The Bertz CT molecular complexity index is 1460. The van der Waals surface area contributed by atoms with E-state index in [-0.39, 0.29) is 18.9 Å². The van der Waals surface area contributed by atoms with Gasteiger partial charge in [0.15, 0.2) is 0 Å². The van der Waals surface area contributed by atoms with Gasteiger partial charge in [0, 0.05) is 18.0 Å². The van der Waals surface area contributed by atoms with Gasteiger partial charge >= 0.3 is 6.03 Å². The quantitative estimate of drug-likeness (QED) is 0.353. The number of fused-ring (bicyclic) bond motifs is 3. The predicted octanol–water partition coefficient (Wildman–Crippen LogP) is 4.77. The van der Waals surface area contributed by atoms with E-state index in [1.54, 1.807) is 55.5 Å². The van der Waals surface area contributed by atoms with E-state index in [0.29, 0.717) is 10.7 Å². The summed E-state index contributed by atoms with van der Waals surface area (Å²) in [6.07, 6.45) is 0.0815. The minimum atomic E-state index is -1.57. The van der Waals surface area contributed by atoms with Crippen LogP contribution in [0.15, 0.2) is 78.9 Å². The first-order valence-electron chi connectivity index (χ1n) is 12.7. The molecule has 0 aromatic heterocycles. The number of anilines is 1. The number of para-hydroxylation sites is 1. The lowest BCUT2D eigenvalue weighted by Gasteiger charge is -2.35. The van der Waals surface area contributed by atoms with Gasteiger partial charge in [0.25, 0.3) is 5.91 Å². The highest BCUT2D eigenvalue weighted by atomic mass is 35.5. The lowest BCUT2D eigenvalue weighted by molar-refractivity contribution is -0.144. The van der Waals surface area contributed by atoms with Crippen molar-refractivity contribution in [1.29, 1.82) is 0 Å². The number of likely N-dealkylation sites (tertiary alicyclic amines) is 1. The Morgan fingerprint density at radius 3 is 2.13 bits per heavy atom. The Kier molecular flexibility index (Phi) is 5.65. The van der Waals surface area contributed by atoms with E-state index in [0.717, 1.165) is 16.7 Å². The number of benzene rings is 3. The van der Waals surface area contributed by atoms with Crippen molar-refractivity contribution in [2.45, 2.75) is 31.8 Å². The minimum Gasteiger partial charge on any atom is -0.300 e. The predicted molar refractivity (Wildman–Crippen MR) is 142 cm³/mol. The summed E-state index contributed by atoms with van der Waals surface area (Å²) in [5.41, 5.74) is 1.34. The molecule has 8 heteroatoms. The molecule has 0 aliphatic carbocycles. The Hall–Kier alpha value is -3.97. The number of hydrogen-bond acceptors (Lipinski definition) is 4. The lowest BCUT2D eigenvalue weighted by atomic mass is 9.75. The smallest absolute Gasteiger partial charge is 0.300 e. The molecule has 3 aliphatic rings. The summed E-state index contributed by atoms with van der Waals surface area (Å²) in [6, 6.07) is 22.1.